The first-order chi connectivity index (χ1) is 5.34. The number of halogens is 1. The number of nitrogens with zero attached hydrogens (tertiary/aromatic N) is 1. The zero-order chi connectivity index (χ0) is 8.10. The summed E-state index contributed by atoms with van der Waals surface area (Å²) in [6, 6.07) is 5.71. The molecule has 0 bridgehead atoms. The van der Waals surface area contributed by atoms with Gasteiger partial charge in [-0.05, 0) is 25.1 Å². The molecule has 0 saturated carbocycles. The van der Waals surface area contributed by atoms with E-state index < -0.39 is 0 Å². The van der Waals surface area contributed by atoms with E-state index in [9.17, 15) is 0 Å². The number of hydrogen-bond acceptors (Lipinski definition) is 3. The maximum atomic E-state index is 5.76. The molecule has 12 heavy (non-hydrogen) atoms. The van der Waals surface area contributed by atoms with Gasteiger partial charge in [0.1, 0.15) is 0 Å². The van der Waals surface area contributed by atoms with Gasteiger partial charge in [0.15, 0.2) is 0 Å². The van der Waals surface area contributed by atoms with Crippen LogP contribution in [-0.4, -0.2) is 11.5 Å². The van der Waals surface area contributed by atoms with Crippen LogP contribution in [0.1, 0.15) is 18.2 Å². The zero-order valence-corrected chi connectivity index (χ0v) is 7.63. The lowest BCUT2D eigenvalue weighted by Crippen LogP contribution is -2.16. The average molecular weight is 188 g/mol. The highest BCUT2D eigenvalue weighted by Crippen LogP contribution is 2.08. The topological polar surface area (TPSA) is 64.9 Å². The molecule has 0 radical (unpaired) electrons. The second-order valence-electron chi connectivity index (χ2n) is 2.44. The SMILES string of the molecule is Cl.NCCC(N)c1ccccn1. The standard InChI is InChI=1S/C8H13N3.ClH/c9-5-4-7(10)8-3-1-2-6-11-8;/h1-3,6-7H,4-5,9-10H2;1H. The van der Waals surface area contributed by atoms with Crippen molar-refractivity contribution in [3.05, 3.63) is 30.1 Å². The van der Waals surface area contributed by atoms with E-state index >= 15 is 0 Å². The van der Waals surface area contributed by atoms with E-state index in [2.05, 4.69) is 4.98 Å². The van der Waals surface area contributed by atoms with Crippen LogP contribution >= 0.6 is 12.4 Å². The number of hydrogen-bond donors (Lipinski definition) is 2. The lowest BCUT2D eigenvalue weighted by Gasteiger charge is -2.07. The van der Waals surface area contributed by atoms with Crippen LogP contribution in [0.2, 0.25) is 0 Å². The minimum absolute atomic E-state index is 0. The summed E-state index contributed by atoms with van der Waals surface area (Å²) in [6.07, 6.45) is 2.53. The van der Waals surface area contributed by atoms with Gasteiger partial charge in [0, 0.05) is 12.2 Å². The van der Waals surface area contributed by atoms with Gasteiger partial charge in [0.25, 0.3) is 0 Å². The molecule has 1 atom stereocenters. The third kappa shape index (κ3) is 3.17. The van der Waals surface area contributed by atoms with Crippen LogP contribution in [0, 0.1) is 0 Å². The first-order valence-corrected chi connectivity index (χ1v) is 3.71. The number of aromatic nitrogens is 1. The summed E-state index contributed by atoms with van der Waals surface area (Å²) >= 11 is 0. The van der Waals surface area contributed by atoms with Gasteiger partial charge in [-0.15, -0.1) is 12.4 Å². The minimum atomic E-state index is -0.0128. The van der Waals surface area contributed by atoms with Gasteiger partial charge in [-0.2, -0.15) is 0 Å². The molecule has 0 fully saturated rings. The predicted octanol–water partition coefficient (Wildman–Crippen LogP) is 0.852. The Balaban J connectivity index is 0.00000121. The van der Waals surface area contributed by atoms with E-state index in [0.717, 1.165) is 12.1 Å². The van der Waals surface area contributed by atoms with E-state index in [4.69, 9.17) is 11.5 Å². The van der Waals surface area contributed by atoms with Crippen molar-refractivity contribution in [2.24, 2.45) is 11.5 Å². The molecule has 0 amide bonds. The number of rotatable bonds is 3. The Labute approximate surface area is 78.6 Å². The molecule has 0 saturated heterocycles. The lowest BCUT2D eigenvalue weighted by molar-refractivity contribution is 0.643. The summed E-state index contributed by atoms with van der Waals surface area (Å²) in [4.78, 5) is 4.12. The molecule has 0 spiro atoms. The third-order valence-electron chi connectivity index (χ3n) is 1.55. The Hall–Kier alpha value is -0.640. The third-order valence-corrected chi connectivity index (χ3v) is 1.55. The highest BCUT2D eigenvalue weighted by molar-refractivity contribution is 5.85. The molecule has 0 aliphatic heterocycles. The molecular formula is C8H14ClN3. The molecule has 4 heteroatoms. The molecule has 0 aliphatic rings. The fraction of sp³-hybridized carbons (Fsp3) is 0.375. The van der Waals surface area contributed by atoms with E-state index in [1.165, 1.54) is 0 Å². The van der Waals surface area contributed by atoms with Gasteiger partial charge in [-0.3, -0.25) is 4.98 Å². The van der Waals surface area contributed by atoms with Gasteiger partial charge in [0.05, 0.1) is 5.69 Å². The smallest absolute Gasteiger partial charge is 0.0571 e. The lowest BCUT2D eigenvalue weighted by atomic mass is 10.1. The fourth-order valence-corrected chi connectivity index (χ4v) is 0.923. The van der Waals surface area contributed by atoms with Crippen molar-refractivity contribution >= 4 is 12.4 Å². The normalized spacial score (nSPS) is 11.8. The summed E-state index contributed by atoms with van der Waals surface area (Å²) in [5.41, 5.74) is 12.0. The quantitative estimate of drug-likeness (QED) is 0.738. The van der Waals surface area contributed by atoms with Crippen molar-refractivity contribution in [1.82, 2.24) is 4.98 Å². The van der Waals surface area contributed by atoms with E-state index in [1.807, 2.05) is 18.2 Å². The Morgan fingerprint density at radius 3 is 2.67 bits per heavy atom. The second kappa shape index (κ2) is 5.94. The molecule has 1 heterocycles. The van der Waals surface area contributed by atoms with Crippen molar-refractivity contribution < 1.29 is 0 Å². The fourth-order valence-electron chi connectivity index (χ4n) is 0.923. The van der Waals surface area contributed by atoms with Gasteiger partial charge in [-0.1, -0.05) is 6.07 Å². The maximum absolute atomic E-state index is 5.76. The van der Waals surface area contributed by atoms with E-state index in [-0.39, 0.29) is 18.4 Å². The molecule has 0 aliphatic carbocycles. The second-order valence-corrected chi connectivity index (χ2v) is 2.44. The van der Waals surface area contributed by atoms with Crippen molar-refractivity contribution in [1.29, 1.82) is 0 Å². The minimum Gasteiger partial charge on any atom is -0.330 e. The van der Waals surface area contributed by atoms with Crippen molar-refractivity contribution in [2.75, 3.05) is 6.54 Å². The summed E-state index contributed by atoms with van der Waals surface area (Å²) in [5, 5.41) is 0. The zero-order valence-electron chi connectivity index (χ0n) is 6.81. The monoisotopic (exact) mass is 187 g/mol. The summed E-state index contributed by atoms with van der Waals surface area (Å²) in [7, 11) is 0. The molecular weight excluding hydrogens is 174 g/mol. The molecule has 3 nitrogen and oxygen atoms in total. The Morgan fingerprint density at radius 2 is 2.17 bits per heavy atom. The van der Waals surface area contributed by atoms with Crippen molar-refractivity contribution in [3.63, 3.8) is 0 Å². The van der Waals surface area contributed by atoms with Crippen molar-refractivity contribution in [3.8, 4) is 0 Å². The van der Waals surface area contributed by atoms with Crippen LogP contribution in [0.25, 0.3) is 0 Å². The Kier molecular flexibility index (Phi) is 5.62. The van der Waals surface area contributed by atoms with Crippen molar-refractivity contribution in [2.45, 2.75) is 12.5 Å². The molecule has 1 rings (SSSR count). The molecule has 1 unspecified atom stereocenters. The highest BCUT2D eigenvalue weighted by Gasteiger charge is 2.03. The summed E-state index contributed by atoms with van der Waals surface area (Å²) in [5.74, 6) is 0. The van der Waals surface area contributed by atoms with E-state index in [1.54, 1.807) is 6.20 Å². The Morgan fingerprint density at radius 1 is 1.42 bits per heavy atom. The van der Waals surface area contributed by atoms with Crippen LogP contribution in [-0.2, 0) is 0 Å². The number of nitrogens with two attached hydrogens (primary N) is 2. The Bertz CT molecular complexity index is 203. The molecule has 4 N–H and O–H groups in total. The predicted molar refractivity (Wildman–Crippen MR) is 52.1 cm³/mol. The highest BCUT2D eigenvalue weighted by atomic mass is 35.5. The average Bonchev–Trinajstić information content (AvgIpc) is 2.07. The molecule has 1 aromatic rings. The van der Waals surface area contributed by atoms with Gasteiger partial charge in [-0.25, -0.2) is 0 Å². The van der Waals surface area contributed by atoms with E-state index in [0.29, 0.717) is 6.54 Å². The number of pyridine rings is 1. The maximum Gasteiger partial charge on any atom is 0.0571 e. The van der Waals surface area contributed by atoms with Gasteiger partial charge >= 0.3 is 0 Å². The van der Waals surface area contributed by atoms with Crippen LogP contribution in [0.4, 0.5) is 0 Å². The molecule has 1 aromatic heterocycles. The van der Waals surface area contributed by atoms with Crippen LogP contribution in [0.15, 0.2) is 24.4 Å². The van der Waals surface area contributed by atoms with Crippen LogP contribution in [0.3, 0.4) is 0 Å². The molecule has 68 valence electrons. The first-order valence-electron chi connectivity index (χ1n) is 3.71. The summed E-state index contributed by atoms with van der Waals surface area (Å²) < 4.78 is 0. The van der Waals surface area contributed by atoms with Gasteiger partial charge in [0.2, 0.25) is 0 Å². The van der Waals surface area contributed by atoms with Crippen LogP contribution < -0.4 is 11.5 Å². The summed E-state index contributed by atoms with van der Waals surface area (Å²) in [6.45, 7) is 0.609. The largest absolute Gasteiger partial charge is 0.330 e. The molecule has 0 aromatic carbocycles. The van der Waals surface area contributed by atoms with Gasteiger partial charge < -0.3 is 11.5 Å². The van der Waals surface area contributed by atoms with Crippen LogP contribution in [0.5, 0.6) is 0 Å². The first kappa shape index (κ1) is 11.4.